The van der Waals surface area contributed by atoms with Crippen molar-refractivity contribution >= 4 is 5.91 Å². The van der Waals surface area contributed by atoms with E-state index >= 15 is 0 Å². The number of aryl methyl sites for hydroxylation is 1. The van der Waals surface area contributed by atoms with Crippen LogP contribution in [0.4, 0.5) is 0 Å². The minimum Gasteiger partial charge on any atom is -0.342 e. The zero-order valence-electron chi connectivity index (χ0n) is 14.9. The van der Waals surface area contributed by atoms with Crippen molar-refractivity contribution in [1.29, 1.82) is 0 Å². The van der Waals surface area contributed by atoms with Crippen LogP contribution in [0.15, 0.2) is 47.7 Å². The average molecular weight is 364 g/mol. The number of carbonyl (C=O) groups excluding carboxylic acids is 1. The van der Waals surface area contributed by atoms with Gasteiger partial charge < -0.3 is 10.3 Å². The van der Waals surface area contributed by atoms with Gasteiger partial charge in [0.1, 0.15) is 23.5 Å². The van der Waals surface area contributed by atoms with Gasteiger partial charge in [0.2, 0.25) is 0 Å². The lowest BCUT2D eigenvalue weighted by molar-refractivity contribution is 0.0926. The molecule has 3 aromatic rings. The molecule has 0 radical (unpaired) electrons. The van der Waals surface area contributed by atoms with Crippen LogP contribution >= 0.6 is 0 Å². The molecule has 1 aromatic carbocycles. The highest BCUT2D eigenvalue weighted by Crippen LogP contribution is 2.40. The lowest BCUT2D eigenvalue weighted by Crippen LogP contribution is -2.35. The predicted octanol–water partition coefficient (Wildman–Crippen LogP) is 1.93. The van der Waals surface area contributed by atoms with Crippen LogP contribution in [-0.2, 0) is 6.54 Å². The zero-order chi connectivity index (χ0) is 18.8. The second kappa shape index (κ2) is 7.14. The number of hydrogen-bond acceptors (Lipinski definition) is 5. The van der Waals surface area contributed by atoms with E-state index in [4.69, 9.17) is 0 Å². The van der Waals surface area contributed by atoms with Gasteiger partial charge in [-0.2, -0.15) is 5.10 Å². The summed E-state index contributed by atoms with van der Waals surface area (Å²) in [4.78, 5) is 36.4. The molecule has 2 heterocycles. The smallest absolute Gasteiger partial charge is 0.264 e. The average Bonchev–Trinajstić information content (AvgIpc) is 3.43. The molecular formula is C19H20N6O2. The van der Waals surface area contributed by atoms with Gasteiger partial charge in [-0.15, -0.1) is 0 Å². The Kier molecular flexibility index (Phi) is 4.53. The number of carbonyl (C=O) groups is 1. The molecule has 4 rings (SSSR count). The third kappa shape index (κ3) is 3.51. The van der Waals surface area contributed by atoms with Crippen molar-refractivity contribution in [3.05, 3.63) is 64.6 Å². The first-order valence-electron chi connectivity index (χ1n) is 9.00. The Morgan fingerprint density at radius 3 is 2.74 bits per heavy atom. The molecule has 1 aliphatic carbocycles. The quantitative estimate of drug-likeness (QED) is 0.695. The van der Waals surface area contributed by atoms with Crippen LogP contribution in [0.5, 0.6) is 0 Å². The van der Waals surface area contributed by atoms with E-state index in [0.717, 1.165) is 24.2 Å². The number of rotatable bonds is 6. The molecule has 1 atom stereocenters. The lowest BCUT2D eigenvalue weighted by atomic mass is 10.1. The summed E-state index contributed by atoms with van der Waals surface area (Å²) in [5, 5.41) is 7.13. The molecule has 0 bridgehead atoms. The molecule has 2 aromatic heterocycles. The van der Waals surface area contributed by atoms with E-state index in [9.17, 15) is 9.59 Å². The molecule has 1 fully saturated rings. The Hall–Kier alpha value is -3.29. The van der Waals surface area contributed by atoms with Crippen molar-refractivity contribution in [2.24, 2.45) is 5.92 Å². The predicted molar refractivity (Wildman–Crippen MR) is 98.9 cm³/mol. The number of aromatic amines is 1. The molecule has 138 valence electrons. The number of nitrogens with zero attached hydrogens (tertiary/aromatic N) is 4. The summed E-state index contributed by atoms with van der Waals surface area (Å²) >= 11 is 0. The highest BCUT2D eigenvalue weighted by Gasteiger charge is 2.36. The second-order valence-corrected chi connectivity index (χ2v) is 6.56. The summed E-state index contributed by atoms with van der Waals surface area (Å²) in [6.45, 7) is 2.64. The van der Waals surface area contributed by atoms with Gasteiger partial charge >= 0.3 is 0 Å². The maximum atomic E-state index is 12.7. The number of nitrogens with one attached hydrogen (secondary N) is 2. The lowest BCUT2D eigenvalue weighted by Gasteiger charge is -2.18. The van der Waals surface area contributed by atoms with Crippen LogP contribution < -0.4 is 10.9 Å². The minimum absolute atomic E-state index is 0.0112. The number of hydrogen-bond donors (Lipinski definition) is 2. The van der Waals surface area contributed by atoms with E-state index in [1.807, 2.05) is 37.3 Å². The van der Waals surface area contributed by atoms with Crippen molar-refractivity contribution < 1.29 is 4.79 Å². The van der Waals surface area contributed by atoms with E-state index in [0.29, 0.717) is 18.3 Å². The fourth-order valence-electron chi connectivity index (χ4n) is 3.10. The number of aromatic nitrogens is 5. The molecular weight excluding hydrogens is 344 g/mol. The Labute approximate surface area is 155 Å². The van der Waals surface area contributed by atoms with Crippen LogP contribution in [0.1, 0.15) is 42.0 Å². The van der Waals surface area contributed by atoms with Crippen LogP contribution in [0.2, 0.25) is 0 Å². The second-order valence-electron chi connectivity index (χ2n) is 6.56. The van der Waals surface area contributed by atoms with E-state index < -0.39 is 11.5 Å². The third-order valence-electron chi connectivity index (χ3n) is 4.69. The molecule has 2 N–H and O–H groups in total. The Balaban J connectivity index is 1.58. The fraction of sp³-hybridized carbons (Fsp3) is 0.316. The topological polar surface area (TPSA) is 106 Å². The molecule has 8 nitrogen and oxygen atoms in total. The Morgan fingerprint density at radius 2 is 2.07 bits per heavy atom. The number of benzene rings is 1. The van der Waals surface area contributed by atoms with Gasteiger partial charge in [0, 0.05) is 18.3 Å². The summed E-state index contributed by atoms with van der Waals surface area (Å²) in [6.07, 6.45) is 4.85. The molecule has 27 heavy (non-hydrogen) atoms. The summed E-state index contributed by atoms with van der Waals surface area (Å²) in [6, 6.07) is 9.04. The summed E-state index contributed by atoms with van der Waals surface area (Å²) in [7, 11) is 0. The van der Waals surface area contributed by atoms with Gasteiger partial charge in [-0.05, 0) is 25.7 Å². The molecule has 1 amide bonds. The number of H-pyrrole nitrogens is 1. The van der Waals surface area contributed by atoms with Crippen molar-refractivity contribution in [3.8, 4) is 11.4 Å². The Bertz CT molecular complexity index is 1010. The fourth-order valence-corrected chi connectivity index (χ4v) is 3.10. The van der Waals surface area contributed by atoms with E-state index in [1.165, 1.54) is 12.5 Å². The van der Waals surface area contributed by atoms with Gasteiger partial charge in [0.05, 0.1) is 6.04 Å². The van der Waals surface area contributed by atoms with Crippen LogP contribution in [0, 0.1) is 5.92 Å². The monoisotopic (exact) mass is 364 g/mol. The van der Waals surface area contributed by atoms with Crippen LogP contribution in [0.3, 0.4) is 0 Å². The van der Waals surface area contributed by atoms with E-state index in [2.05, 4.69) is 25.4 Å². The molecule has 0 spiro atoms. The largest absolute Gasteiger partial charge is 0.342 e. The minimum atomic E-state index is -0.465. The van der Waals surface area contributed by atoms with Gasteiger partial charge in [0.25, 0.3) is 11.5 Å². The van der Waals surface area contributed by atoms with Gasteiger partial charge in [-0.25, -0.2) is 14.6 Å². The van der Waals surface area contributed by atoms with Crippen LogP contribution in [-0.4, -0.2) is 30.6 Å². The first-order chi connectivity index (χ1) is 13.2. The van der Waals surface area contributed by atoms with E-state index in [1.54, 1.807) is 4.68 Å². The molecule has 1 saturated carbocycles. The van der Waals surface area contributed by atoms with Crippen molar-refractivity contribution in [2.45, 2.75) is 32.4 Å². The molecule has 1 unspecified atom stereocenters. The first-order valence-corrected chi connectivity index (χ1v) is 9.00. The third-order valence-corrected chi connectivity index (χ3v) is 4.69. The summed E-state index contributed by atoms with van der Waals surface area (Å²) in [5.41, 5.74) is 0.309. The molecule has 8 heteroatoms. The SMILES string of the molecule is CCn1ncnc1C(NC(=O)c1cnc(-c2ccccc2)[nH]c1=O)C1CC1. The van der Waals surface area contributed by atoms with E-state index in [-0.39, 0.29) is 11.6 Å². The van der Waals surface area contributed by atoms with Crippen molar-refractivity contribution in [3.63, 3.8) is 0 Å². The van der Waals surface area contributed by atoms with Gasteiger partial charge in [-0.3, -0.25) is 9.59 Å². The van der Waals surface area contributed by atoms with Crippen LogP contribution in [0.25, 0.3) is 11.4 Å². The molecule has 0 saturated heterocycles. The maximum Gasteiger partial charge on any atom is 0.264 e. The highest BCUT2D eigenvalue weighted by molar-refractivity contribution is 5.93. The first kappa shape index (κ1) is 17.1. The van der Waals surface area contributed by atoms with Crippen molar-refractivity contribution in [2.75, 3.05) is 0 Å². The maximum absolute atomic E-state index is 12.7. The Morgan fingerprint density at radius 1 is 1.30 bits per heavy atom. The normalized spacial score (nSPS) is 14.7. The summed E-state index contributed by atoms with van der Waals surface area (Å²) < 4.78 is 1.77. The van der Waals surface area contributed by atoms with Gasteiger partial charge in [-0.1, -0.05) is 30.3 Å². The summed E-state index contributed by atoms with van der Waals surface area (Å²) in [5.74, 6) is 1.02. The zero-order valence-corrected chi connectivity index (χ0v) is 14.9. The van der Waals surface area contributed by atoms with Gasteiger partial charge in [0.15, 0.2) is 0 Å². The van der Waals surface area contributed by atoms with Crippen molar-refractivity contribution in [1.82, 2.24) is 30.0 Å². The number of amides is 1. The molecule has 0 aliphatic heterocycles. The highest BCUT2D eigenvalue weighted by atomic mass is 16.2. The standard InChI is InChI=1S/C19H20N6O2/c1-2-25-17(21-11-22-25)15(12-8-9-12)23-18(26)14-10-20-16(24-19(14)27)13-6-4-3-5-7-13/h3-7,10-12,15H,2,8-9H2,1H3,(H,23,26)(H,20,24,27). The molecule has 1 aliphatic rings.